The largest absolute Gasteiger partial charge is 0.457 e. The fourth-order valence-corrected chi connectivity index (χ4v) is 3.76. The number of carbonyl (C=O) groups is 2. The molecule has 0 aromatic heterocycles. The van der Waals surface area contributed by atoms with Gasteiger partial charge in [0.2, 0.25) is 11.8 Å². The Bertz CT molecular complexity index is 1130. The number of halogens is 1. The van der Waals surface area contributed by atoms with Crippen LogP contribution in [0.1, 0.15) is 32.8 Å². The van der Waals surface area contributed by atoms with E-state index in [9.17, 15) is 14.0 Å². The summed E-state index contributed by atoms with van der Waals surface area (Å²) in [5.41, 5.74) is 2.53. The summed E-state index contributed by atoms with van der Waals surface area (Å²) >= 11 is 0. The lowest BCUT2D eigenvalue weighted by molar-refractivity contribution is -0.122. The van der Waals surface area contributed by atoms with E-state index in [2.05, 4.69) is 38.2 Å². The molecule has 6 heteroatoms. The third kappa shape index (κ3) is 5.40. The van der Waals surface area contributed by atoms with Gasteiger partial charge in [-0.2, -0.15) is 0 Å². The first-order valence-corrected chi connectivity index (χ1v) is 10.9. The molecule has 170 valence electrons. The van der Waals surface area contributed by atoms with E-state index in [1.165, 1.54) is 22.6 Å². The number of amides is 2. The Kier molecular flexibility index (Phi) is 6.18. The highest BCUT2D eigenvalue weighted by Gasteiger charge is 2.35. The van der Waals surface area contributed by atoms with Crippen molar-refractivity contribution in [2.24, 2.45) is 5.92 Å². The summed E-state index contributed by atoms with van der Waals surface area (Å²) in [6, 6.07) is 20.8. The Balaban J connectivity index is 1.34. The maximum absolute atomic E-state index is 13.2. The molecule has 0 spiro atoms. The zero-order chi connectivity index (χ0) is 23.6. The zero-order valence-corrected chi connectivity index (χ0v) is 19.0. The van der Waals surface area contributed by atoms with E-state index in [1.54, 1.807) is 36.4 Å². The van der Waals surface area contributed by atoms with Gasteiger partial charge in [0.15, 0.2) is 0 Å². The molecule has 1 N–H and O–H groups in total. The van der Waals surface area contributed by atoms with Gasteiger partial charge < -0.3 is 15.0 Å². The lowest BCUT2D eigenvalue weighted by Gasteiger charge is -2.19. The molecule has 1 aliphatic heterocycles. The van der Waals surface area contributed by atoms with Gasteiger partial charge in [0.1, 0.15) is 17.3 Å². The number of ether oxygens (including phenoxy) is 1. The maximum Gasteiger partial charge on any atom is 0.229 e. The number of hydrogen-bond donors (Lipinski definition) is 1. The van der Waals surface area contributed by atoms with Gasteiger partial charge in [0.05, 0.1) is 5.92 Å². The van der Waals surface area contributed by atoms with Gasteiger partial charge in [-0.1, -0.05) is 32.9 Å². The highest BCUT2D eigenvalue weighted by atomic mass is 19.1. The molecule has 0 aliphatic carbocycles. The van der Waals surface area contributed by atoms with Gasteiger partial charge in [0, 0.05) is 24.3 Å². The number of anilines is 2. The molecule has 1 aliphatic rings. The maximum atomic E-state index is 13.2. The Morgan fingerprint density at radius 3 is 2.09 bits per heavy atom. The van der Waals surface area contributed by atoms with E-state index in [0.29, 0.717) is 17.1 Å². The van der Waals surface area contributed by atoms with Crippen LogP contribution in [-0.4, -0.2) is 18.4 Å². The molecular weight excluding hydrogens is 419 g/mol. The van der Waals surface area contributed by atoms with Crippen LogP contribution >= 0.6 is 0 Å². The van der Waals surface area contributed by atoms with Crippen LogP contribution in [0.4, 0.5) is 15.8 Å². The van der Waals surface area contributed by atoms with Gasteiger partial charge in [-0.25, -0.2) is 4.39 Å². The number of benzene rings is 3. The zero-order valence-electron chi connectivity index (χ0n) is 19.0. The molecule has 1 atom stereocenters. The molecule has 0 bridgehead atoms. The van der Waals surface area contributed by atoms with Crippen molar-refractivity contribution in [2.75, 3.05) is 16.8 Å². The second-order valence-electron chi connectivity index (χ2n) is 9.27. The molecule has 5 nitrogen and oxygen atoms in total. The van der Waals surface area contributed by atoms with Crippen molar-refractivity contribution in [3.63, 3.8) is 0 Å². The fraction of sp³-hybridized carbons (Fsp3) is 0.259. The van der Waals surface area contributed by atoms with E-state index in [0.717, 1.165) is 5.75 Å². The second kappa shape index (κ2) is 9.06. The molecule has 0 saturated carbocycles. The van der Waals surface area contributed by atoms with Crippen molar-refractivity contribution >= 4 is 23.2 Å². The summed E-state index contributed by atoms with van der Waals surface area (Å²) in [5.74, 6) is 0.191. The number of carbonyl (C=O) groups excluding carboxylic acids is 2. The second-order valence-corrected chi connectivity index (χ2v) is 9.27. The minimum atomic E-state index is -0.472. The van der Waals surface area contributed by atoms with Crippen LogP contribution in [-0.2, 0) is 15.0 Å². The average molecular weight is 447 g/mol. The van der Waals surface area contributed by atoms with Crippen molar-refractivity contribution in [1.82, 2.24) is 0 Å². The van der Waals surface area contributed by atoms with Crippen LogP contribution in [0.2, 0.25) is 0 Å². The Morgan fingerprint density at radius 2 is 1.52 bits per heavy atom. The van der Waals surface area contributed by atoms with Gasteiger partial charge in [0.25, 0.3) is 0 Å². The van der Waals surface area contributed by atoms with Gasteiger partial charge in [-0.05, 0) is 71.6 Å². The third-order valence-electron chi connectivity index (χ3n) is 5.71. The first kappa shape index (κ1) is 22.5. The van der Waals surface area contributed by atoms with Crippen LogP contribution in [0.15, 0.2) is 72.8 Å². The van der Waals surface area contributed by atoms with Crippen molar-refractivity contribution < 1.29 is 18.7 Å². The Labute approximate surface area is 193 Å². The molecule has 1 heterocycles. The van der Waals surface area contributed by atoms with Crippen molar-refractivity contribution in [2.45, 2.75) is 32.6 Å². The monoisotopic (exact) mass is 446 g/mol. The smallest absolute Gasteiger partial charge is 0.229 e. The third-order valence-corrected chi connectivity index (χ3v) is 5.71. The molecule has 2 amide bonds. The Hall–Kier alpha value is -3.67. The van der Waals surface area contributed by atoms with E-state index in [4.69, 9.17) is 4.74 Å². The molecule has 1 fully saturated rings. The number of nitrogens with one attached hydrogen (secondary N) is 1. The predicted molar refractivity (Wildman–Crippen MR) is 127 cm³/mol. The highest BCUT2D eigenvalue weighted by molar-refractivity contribution is 6.03. The first-order valence-electron chi connectivity index (χ1n) is 10.9. The summed E-state index contributed by atoms with van der Waals surface area (Å²) in [6.07, 6.45) is 0.120. The average Bonchev–Trinajstić information content (AvgIpc) is 3.17. The number of nitrogens with zero attached hydrogens (tertiary/aromatic N) is 1. The molecule has 3 aromatic carbocycles. The van der Waals surface area contributed by atoms with E-state index >= 15 is 0 Å². The normalized spacial score (nSPS) is 16.1. The van der Waals surface area contributed by atoms with Crippen LogP contribution in [0.25, 0.3) is 0 Å². The summed E-state index contributed by atoms with van der Waals surface area (Å²) in [7, 11) is 0. The number of hydrogen-bond acceptors (Lipinski definition) is 3. The standard InChI is InChI=1S/C27H27FN2O3/c1-27(2,3)19-4-12-23(13-5-19)33-24-14-8-21(9-15-24)29-26(32)18-16-25(31)30(17-18)22-10-6-20(28)7-11-22/h4-15,18H,16-17H2,1-3H3,(H,29,32)/t18-/m0/s1. The van der Waals surface area contributed by atoms with E-state index in [1.807, 2.05) is 12.1 Å². The van der Waals surface area contributed by atoms with Gasteiger partial charge >= 0.3 is 0 Å². The van der Waals surface area contributed by atoms with Crippen molar-refractivity contribution in [3.05, 3.63) is 84.2 Å². The lowest BCUT2D eigenvalue weighted by atomic mass is 9.87. The number of rotatable bonds is 5. The van der Waals surface area contributed by atoms with E-state index in [-0.39, 0.29) is 36.0 Å². The summed E-state index contributed by atoms with van der Waals surface area (Å²) in [5, 5.41) is 2.87. The molecule has 3 aromatic rings. The Morgan fingerprint density at radius 1 is 0.939 bits per heavy atom. The van der Waals surface area contributed by atoms with Crippen LogP contribution in [0.3, 0.4) is 0 Å². The summed E-state index contributed by atoms with van der Waals surface area (Å²) in [4.78, 5) is 26.6. The van der Waals surface area contributed by atoms with Crippen molar-refractivity contribution in [3.8, 4) is 11.5 Å². The highest BCUT2D eigenvalue weighted by Crippen LogP contribution is 2.29. The summed E-state index contributed by atoms with van der Waals surface area (Å²) in [6.45, 7) is 6.76. The van der Waals surface area contributed by atoms with Gasteiger partial charge in [-0.3, -0.25) is 9.59 Å². The molecule has 4 rings (SSSR count). The quantitative estimate of drug-likeness (QED) is 0.530. The minimum absolute atomic E-state index is 0.0817. The SMILES string of the molecule is CC(C)(C)c1ccc(Oc2ccc(NC(=O)[C@H]3CC(=O)N(c4ccc(F)cc4)C3)cc2)cc1. The van der Waals surface area contributed by atoms with Gasteiger partial charge in [-0.15, -0.1) is 0 Å². The van der Waals surface area contributed by atoms with E-state index < -0.39 is 5.92 Å². The van der Waals surface area contributed by atoms with Crippen LogP contribution in [0, 0.1) is 11.7 Å². The molecule has 1 saturated heterocycles. The molecule has 0 unspecified atom stereocenters. The lowest BCUT2D eigenvalue weighted by Crippen LogP contribution is -2.28. The molecule has 33 heavy (non-hydrogen) atoms. The summed E-state index contributed by atoms with van der Waals surface area (Å²) < 4.78 is 19.1. The van der Waals surface area contributed by atoms with Crippen LogP contribution in [0.5, 0.6) is 11.5 Å². The predicted octanol–water partition coefficient (Wildman–Crippen LogP) is 5.91. The fourth-order valence-electron chi connectivity index (χ4n) is 3.76. The first-order chi connectivity index (χ1) is 15.7. The molecule has 0 radical (unpaired) electrons. The molecular formula is C27H27FN2O3. The van der Waals surface area contributed by atoms with Crippen molar-refractivity contribution in [1.29, 1.82) is 0 Å². The van der Waals surface area contributed by atoms with Crippen LogP contribution < -0.4 is 15.0 Å². The minimum Gasteiger partial charge on any atom is -0.457 e. The topological polar surface area (TPSA) is 58.6 Å².